The van der Waals surface area contributed by atoms with E-state index < -0.39 is 6.10 Å². The van der Waals surface area contributed by atoms with E-state index in [1.54, 1.807) is 6.92 Å². The predicted octanol–water partition coefficient (Wildman–Crippen LogP) is 3.78. The van der Waals surface area contributed by atoms with Crippen LogP contribution in [0.25, 0.3) is 0 Å². The number of aryl methyl sites for hydroxylation is 1. The zero-order valence-corrected chi connectivity index (χ0v) is 16.8. The maximum atomic E-state index is 11.8. The molecule has 2 heterocycles. The molecule has 0 aromatic heterocycles. The molecular weight excluding hydrogens is 324 g/mol. The number of carbonyl (C=O) groups is 1. The molecule has 1 fully saturated rings. The summed E-state index contributed by atoms with van der Waals surface area (Å²) in [5, 5.41) is 10.8. The number of amides is 1. The zero-order chi connectivity index (χ0) is 18.9. The highest BCUT2D eigenvalue weighted by Gasteiger charge is 2.29. The van der Waals surface area contributed by atoms with Gasteiger partial charge < -0.3 is 14.9 Å². The number of β-amino-alcohol motifs (C(OH)–C–C–N with tert-alkyl or cyclic N) is 1. The molecule has 3 rings (SSSR count). The molecule has 0 aliphatic carbocycles. The summed E-state index contributed by atoms with van der Waals surface area (Å²) in [6.07, 6.45) is 3.95. The van der Waals surface area contributed by atoms with Crippen molar-refractivity contribution in [1.29, 1.82) is 0 Å². The third-order valence-corrected chi connectivity index (χ3v) is 6.23. The highest BCUT2D eigenvalue weighted by molar-refractivity contribution is 5.92. The van der Waals surface area contributed by atoms with Crippen molar-refractivity contribution < 1.29 is 9.90 Å². The summed E-state index contributed by atoms with van der Waals surface area (Å²) in [6.45, 7) is 12.3. The highest BCUT2D eigenvalue weighted by atomic mass is 16.3. The van der Waals surface area contributed by atoms with Crippen molar-refractivity contribution in [2.24, 2.45) is 11.3 Å². The lowest BCUT2D eigenvalue weighted by atomic mass is 9.75. The van der Waals surface area contributed by atoms with Crippen LogP contribution >= 0.6 is 0 Å². The Labute approximate surface area is 158 Å². The fraction of sp³-hybridized carbons (Fsp3) is 0.682. The van der Waals surface area contributed by atoms with Gasteiger partial charge in [0.15, 0.2) is 0 Å². The molecule has 2 aliphatic rings. The van der Waals surface area contributed by atoms with Crippen molar-refractivity contribution in [1.82, 2.24) is 4.90 Å². The quantitative estimate of drug-likeness (QED) is 0.894. The van der Waals surface area contributed by atoms with E-state index in [1.165, 1.54) is 18.4 Å². The lowest BCUT2D eigenvalue weighted by Gasteiger charge is -2.39. The highest BCUT2D eigenvalue weighted by Crippen LogP contribution is 2.35. The molecule has 1 amide bonds. The lowest BCUT2D eigenvalue weighted by Crippen LogP contribution is -2.40. The van der Waals surface area contributed by atoms with E-state index in [0.29, 0.717) is 12.0 Å². The number of nitrogens with zero attached hydrogens (tertiary/aromatic N) is 2. The van der Waals surface area contributed by atoms with Gasteiger partial charge in [0, 0.05) is 25.7 Å². The number of piperidine rings is 1. The van der Waals surface area contributed by atoms with E-state index in [-0.39, 0.29) is 5.91 Å². The first kappa shape index (κ1) is 19.4. The number of anilines is 1. The maximum Gasteiger partial charge on any atom is 0.223 e. The molecule has 1 N–H and O–H groups in total. The monoisotopic (exact) mass is 358 g/mol. The minimum Gasteiger partial charge on any atom is -0.387 e. The Bertz CT molecular complexity index is 642. The summed E-state index contributed by atoms with van der Waals surface area (Å²) in [7, 11) is 0. The molecule has 4 nitrogen and oxygen atoms in total. The number of aliphatic hydroxyl groups is 1. The Morgan fingerprint density at radius 2 is 1.92 bits per heavy atom. The van der Waals surface area contributed by atoms with Gasteiger partial charge in [-0.05, 0) is 67.3 Å². The van der Waals surface area contributed by atoms with E-state index in [2.05, 4.69) is 31.7 Å². The average Bonchev–Trinajstić information content (AvgIpc) is 2.60. The van der Waals surface area contributed by atoms with Crippen LogP contribution < -0.4 is 4.90 Å². The average molecular weight is 359 g/mol. The first-order valence-electron chi connectivity index (χ1n) is 10.1. The summed E-state index contributed by atoms with van der Waals surface area (Å²) >= 11 is 0. The van der Waals surface area contributed by atoms with Gasteiger partial charge in [-0.15, -0.1) is 0 Å². The van der Waals surface area contributed by atoms with E-state index in [9.17, 15) is 9.90 Å². The first-order chi connectivity index (χ1) is 12.3. The first-order valence-corrected chi connectivity index (χ1v) is 10.1. The maximum absolute atomic E-state index is 11.8. The number of hydrogen-bond donors (Lipinski definition) is 1. The number of aliphatic hydroxyl groups excluding tert-OH is 1. The lowest BCUT2D eigenvalue weighted by molar-refractivity contribution is -0.116. The van der Waals surface area contributed by atoms with Crippen LogP contribution in [-0.4, -0.2) is 42.1 Å². The number of carbonyl (C=O) groups excluding carboxylic acids is 1. The van der Waals surface area contributed by atoms with Crippen LogP contribution in [0.1, 0.15) is 64.2 Å². The number of hydrogen-bond acceptors (Lipinski definition) is 3. The minimum absolute atomic E-state index is 0.0981. The Kier molecular flexibility index (Phi) is 5.73. The van der Waals surface area contributed by atoms with Crippen LogP contribution in [-0.2, 0) is 11.2 Å². The van der Waals surface area contributed by atoms with Crippen molar-refractivity contribution >= 4 is 11.6 Å². The van der Waals surface area contributed by atoms with Crippen LogP contribution in [0.5, 0.6) is 0 Å². The molecule has 0 spiro atoms. The zero-order valence-electron chi connectivity index (χ0n) is 16.8. The molecule has 26 heavy (non-hydrogen) atoms. The van der Waals surface area contributed by atoms with Gasteiger partial charge in [-0.2, -0.15) is 0 Å². The smallest absolute Gasteiger partial charge is 0.223 e. The Morgan fingerprint density at radius 1 is 1.23 bits per heavy atom. The second kappa shape index (κ2) is 7.69. The molecule has 2 aliphatic heterocycles. The molecule has 1 atom stereocenters. The number of fused-ring (bicyclic) bond motifs is 1. The fourth-order valence-electron chi connectivity index (χ4n) is 4.48. The van der Waals surface area contributed by atoms with Crippen molar-refractivity contribution in [2.75, 3.05) is 31.1 Å². The SMILES string of the molecule is CC(=O)N1CCCc2cc([C@H](O)CN3CCC(C(C)(C)C)CC3)ccc21. The normalized spacial score (nSPS) is 20.7. The third-order valence-electron chi connectivity index (χ3n) is 6.23. The van der Waals surface area contributed by atoms with E-state index >= 15 is 0 Å². The molecule has 4 heteroatoms. The molecule has 1 aromatic carbocycles. The number of benzene rings is 1. The molecule has 0 unspecified atom stereocenters. The van der Waals surface area contributed by atoms with Crippen LogP contribution in [0.3, 0.4) is 0 Å². The standard InChI is InChI=1S/C22H34N2O2/c1-16(25)24-11-5-6-17-14-18(7-8-20(17)24)21(26)15-23-12-9-19(10-13-23)22(2,3)4/h7-8,14,19,21,26H,5-6,9-13,15H2,1-4H3/t21-/m1/s1. The summed E-state index contributed by atoms with van der Waals surface area (Å²) in [5.41, 5.74) is 3.57. The van der Waals surface area contributed by atoms with Crippen LogP contribution in [0.15, 0.2) is 18.2 Å². The summed E-state index contributed by atoms with van der Waals surface area (Å²) in [4.78, 5) is 16.1. The van der Waals surface area contributed by atoms with Gasteiger partial charge in [0.2, 0.25) is 5.91 Å². The number of likely N-dealkylation sites (tertiary alicyclic amines) is 1. The van der Waals surface area contributed by atoms with Gasteiger partial charge in [0.25, 0.3) is 0 Å². The third kappa shape index (κ3) is 4.29. The Balaban J connectivity index is 1.62. The minimum atomic E-state index is -0.459. The molecule has 0 radical (unpaired) electrons. The van der Waals surface area contributed by atoms with E-state index in [4.69, 9.17) is 0 Å². The fourth-order valence-corrected chi connectivity index (χ4v) is 4.48. The predicted molar refractivity (Wildman–Crippen MR) is 106 cm³/mol. The van der Waals surface area contributed by atoms with E-state index in [1.807, 2.05) is 17.0 Å². The van der Waals surface area contributed by atoms with Crippen molar-refractivity contribution in [3.05, 3.63) is 29.3 Å². The van der Waals surface area contributed by atoms with Gasteiger partial charge in [-0.1, -0.05) is 32.9 Å². The molecule has 1 aromatic rings. The van der Waals surface area contributed by atoms with Gasteiger partial charge in [0.1, 0.15) is 0 Å². The van der Waals surface area contributed by atoms with Crippen LogP contribution in [0.4, 0.5) is 5.69 Å². The van der Waals surface area contributed by atoms with E-state index in [0.717, 1.165) is 49.6 Å². The molecule has 0 bridgehead atoms. The van der Waals surface area contributed by atoms with Gasteiger partial charge in [0.05, 0.1) is 6.10 Å². The van der Waals surface area contributed by atoms with Crippen molar-refractivity contribution in [3.63, 3.8) is 0 Å². The Morgan fingerprint density at radius 3 is 2.54 bits per heavy atom. The summed E-state index contributed by atoms with van der Waals surface area (Å²) in [5.74, 6) is 0.873. The van der Waals surface area contributed by atoms with Crippen LogP contribution in [0, 0.1) is 11.3 Å². The Hall–Kier alpha value is -1.39. The number of rotatable bonds is 3. The summed E-state index contributed by atoms with van der Waals surface area (Å²) in [6, 6.07) is 6.12. The second-order valence-corrected chi connectivity index (χ2v) is 9.12. The van der Waals surface area contributed by atoms with Gasteiger partial charge in [-0.25, -0.2) is 0 Å². The molecule has 1 saturated heterocycles. The molecular formula is C22H34N2O2. The topological polar surface area (TPSA) is 43.8 Å². The molecule has 0 saturated carbocycles. The van der Waals surface area contributed by atoms with Crippen molar-refractivity contribution in [3.8, 4) is 0 Å². The van der Waals surface area contributed by atoms with Gasteiger partial charge >= 0.3 is 0 Å². The van der Waals surface area contributed by atoms with Gasteiger partial charge in [-0.3, -0.25) is 4.79 Å². The second-order valence-electron chi connectivity index (χ2n) is 9.12. The molecule has 144 valence electrons. The van der Waals surface area contributed by atoms with Crippen molar-refractivity contribution in [2.45, 2.75) is 59.5 Å². The largest absolute Gasteiger partial charge is 0.387 e. The van der Waals surface area contributed by atoms with Crippen LogP contribution in [0.2, 0.25) is 0 Å². The summed E-state index contributed by atoms with van der Waals surface area (Å²) < 4.78 is 0.